The maximum Gasteiger partial charge on any atom is 0.409 e. The molecular weight excluding hydrogens is 645 g/mol. The van der Waals surface area contributed by atoms with E-state index >= 15 is 0 Å². The minimum Gasteiger partial charge on any atom is -0.450 e. The summed E-state index contributed by atoms with van der Waals surface area (Å²) in [6, 6.07) is 40.1. The van der Waals surface area contributed by atoms with Crippen molar-refractivity contribution in [2.24, 2.45) is 0 Å². The number of nitrogens with zero attached hydrogens (tertiary/aromatic N) is 4. The molecule has 8 nitrogen and oxygen atoms in total. The van der Waals surface area contributed by atoms with Crippen LogP contribution in [0.25, 0.3) is 21.8 Å². The zero-order valence-electron chi connectivity index (χ0n) is 30.6. The number of H-pyrrole nitrogens is 2. The van der Waals surface area contributed by atoms with Crippen LogP contribution in [-0.4, -0.2) is 77.8 Å². The van der Waals surface area contributed by atoms with E-state index in [1.165, 1.54) is 64.7 Å². The predicted molar refractivity (Wildman–Crippen MR) is 214 cm³/mol. The second kappa shape index (κ2) is 16.9. The lowest BCUT2D eigenvalue weighted by molar-refractivity contribution is 0.0967. The molecule has 2 saturated heterocycles. The van der Waals surface area contributed by atoms with Crippen LogP contribution in [0.5, 0.6) is 0 Å². The number of piperidine rings is 2. The molecule has 4 heterocycles. The number of anilines is 2. The number of likely N-dealkylation sites (tertiary alicyclic amines) is 2. The highest BCUT2D eigenvalue weighted by Gasteiger charge is 2.28. The molecular formula is C44H52N6O2. The number of hydrogen-bond acceptors (Lipinski definition) is 5. The first kappa shape index (κ1) is 35.2. The Labute approximate surface area is 308 Å². The van der Waals surface area contributed by atoms with Crippen molar-refractivity contribution in [3.05, 3.63) is 133 Å². The molecule has 2 aromatic heterocycles. The van der Waals surface area contributed by atoms with E-state index in [1.807, 2.05) is 24.2 Å². The Morgan fingerprint density at radius 3 is 1.58 bits per heavy atom. The van der Waals surface area contributed by atoms with E-state index in [9.17, 15) is 4.79 Å². The minimum absolute atomic E-state index is 0.190. The fourth-order valence-electron chi connectivity index (χ4n) is 7.74. The topological polar surface area (TPSA) is 70.8 Å². The van der Waals surface area contributed by atoms with E-state index in [0.29, 0.717) is 18.7 Å². The molecule has 8 heteroatoms. The van der Waals surface area contributed by atoms with Crippen LogP contribution in [0.1, 0.15) is 43.7 Å². The molecule has 0 atom stereocenters. The Kier molecular flexibility index (Phi) is 11.4. The van der Waals surface area contributed by atoms with Gasteiger partial charge in [-0.05, 0) is 112 Å². The smallest absolute Gasteiger partial charge is 0.409 e. The van der Waals surface area contributed by atoms with Gasteiger partial charge in [0.25, 0.3) is 0 Å². The van der Waals surface area contributed by atoms with Crippen molar-refractivity contribution < 1.29 is 9.53 Å². The Morgan fingerprint density at radius 1 is 0.654 bits per heavy atom. The molecule has 2 N–H and O–H groups in total. The summed E-state index contributed by atoms with van der Waals surface area (Å²) in [5, 5.41) is 2.51. The number of aromatic amines is 2. The normalized spacial score (nSPS) is 15.7. The molecule has 0 aliphatic carbocycles. The molecule has 0 bridgehead atoms. The molecule has 6 aromatic rings. The number of fused-ring (bicyclic) bond motifs is 2. The van der Waals surface area contributed by atoms with Crippen molar-refractivity contribution in [1.82, 2.24) is 19.8 Å². The van der Waals surface area contributed by atoms with Crippen LogP contribution in [0, 0.1) is 0 Å². The van der Waals surface area contributed by atoms with E-state index in [4.69, 9.17) is 4.74 Å². The number of nitrogens with one attached hydrogen (secondary N) is 2. The quantitative estimate of drug-likeness (QED) is 0.158. The number of carbonyl (C=O) groups is 1. The lowest BCUT2D eigenvalue weighted by Crippen LogP contribution is -2.46. The SMILES string of the molecule is CCOC(=O)N1CCC(N(Cc2ccccc2)c2ccc3[nH]ccc3c2)CC1.CN1CCC(N(Cc2ccccc2)c2ccc3[nH]ccc3c2)CC1. The van der Waals surface area contributed by atoms with E-state index in [-0.39, 0.29) is 6.09 Å². The maximum atomic E-state index is 12.0. The molecule has 1 amide bonds. The third-order valence-electron chi connectivity index (χ3n) is 10.7. The Bertz CT molecular complexity index is 1990. The van der Waals surface area contributed by atoms with E-state index in [1.54, 1.807) is 0 Å². The number of aromatic nitrogens is 2. The second-order valence-electron chi connectivity index (χ2n) is 14.2. The fraction of sp³-hybridized carbons (Fsp3) is 0.341. The average molecular weight is 697 g/mol. The first-order valence-electron chi connectivity index (χ1n) is 18.9. The predicted octanol–water partition coefficient (Wildman–Crippen LogP) is 9.06. The van der Waals surface area contributed by atoms with Gasteiger partial charge < -0.3 is 34.3 Å². The van der Waals surface area contributed by atoms with Crippen LogP contribution in [0.3, 0.4) is 0 Å². The molecule has 0 radical (unpaired) electrons. The second-order valence-corrected chi connectivity index (χ2v) is 14.2. The zero-order valence-corrected chi connectivity index (χ0v) is 30.6. The lowest BCUT2D eigenvalue weighted by Gasteiger charge is -2.39. The van der Waals surface area contributed by atoms with Crippen molar-refractivity contribution in [2.45, 2.75) is 57.8 Å². The molecule has 0 unspecified atom stereocenters. The summed E-state index contributed by atoms with van der Waals surface area (Å²) in [6.07, 6.45) is 8.15. The molecule has 2 aliphatic heterocycles. The first-order chi connectivity index (χ1) is 25.5. The monoisotopic (exact) mass is 696 g/mol. The summed E-state index contributed by atoms with van der Waals surface area (Å²) in [6.45, 7) is 7.96. The van der Waals surface area contributed by atoms with Gasteiger partial charge >= 0.3 is 6.09 Å². The van der Waals surface area contributed by atoms with Crippen molar-refractivity contribution in [3.8, 4) is 0 Å². The third kappa shape index (κ3) is 8.62. The Hall–Kier alpha value is -5.21. The van der Waals surface area contributed by atoms with Crippen LogP contribution < -0.4 is 9.80 Å². The number of hydrogen-bond donors (Lipinski definition) is 2. The summed E-state index contributed by atoms with van der Waals surface area (Å²) in [5.74, 6) is 0. The third-order valence-corrected chi connectivity index (χ3v) is 10.7. The highest BCUT2D eigenvalue weighted by atomic mass is 16.6. The number of rotatable bonds is 9. The van der Waals surface area contributed by atoms with Gasteiger partial charge in [0.2, 0.25) is 0 Å². The maximum absolute atomic E-state index is 12.0. The molecule has 2 fully saturated rings. The van der Waals surface area contributed by atoms with Crippen molar-refractivity contribution >= 4 is 39.3 Å². The molecule has 0 saturated carbocycles. The van der Waals surface area contributed by atoms with Gasteiger partial charge in [0.1, 0.15) is 0 Å². The zero-order chi connectivity index (χ0) is 35.7. The van der Waals surface area contributed by atoms with Crippen LogP contribution in [-0.2, 0) is 17.8 Å². The van der Waals surface area contributed by atoms with Crippen molar-refractivity contribution in [1.29, 1.82) is 0 Å². The summed E-state index contributed by atoms with van der Waals surface area (Å²) in [4.78, 5) is 28.0. The van der Waals surface area contributed by atoms with Crippen molar-refractivity contribution in [2.75, 3.05) is 49.6 Å². The van der Waals surface area contributed by atoms with Gasteiger partial charge in [-0.1, -0.05) is 60.7 Å². The van der Waals surface area contributed by atoms with Gasteiger partial charge in [0.15, 0.2) is 0 Å². The van der Waals surface area contributed by atoms with Crippen LogP contribution in [0.15, 0.2) is 122 Å². The lowest BCUT2D eigenvalue weighted by atomic mass is 10.0. The van der Waals surface area contributed by atoms with E-state index in [2.05, 4.69) is 141 Å². The van der Waals surface area contributed by atoms with Crippen LogP contribution in [0.2, 0.25) is 0 Å². The van der Waals surface area contributed by atoms with Crippen LogP contribution in [0.4, 0.5) is 16.2 Å². The van der Waals surface area contributed by atoms with Gasteiger partial charge in [-0.15, -0.1) is 0 Å². The highest BCUT2D eigenvalue weighted by molar-refractivity contribution is 5.84. The number of ether oxygens (including phenoxy) is 1. The summed E-state index contributed by atoms with van der Waals surface area (Å²) >= 11 is 0. The Morgan fingerprint density at radius 2 is 1.12 bits per heavy atom. The first-order valence-corrected chi connectivity index (χ1v) is 18.9. The molecule has 52 heavy (non-hydrogen) atoms. The van der Waals surface area contributed by atoms with E-state index < -0.39 is 0 Å². The fourth-order valence-corrected chi connectivity index (χ4v) is 7.74. The molecule has 8 rings (SSSR count). The van der Waals surface area contributed by atoms with Gasteiger partial charge in [0, 0.05) is 83.8 Å². The summed E-state index contributed by atoms with van der Waals surface area (Å²) in [5.41, 5.74) is 7.60. The van der Waals surface area contributed by atoms with Crippen LogP contribution >= 0.6 is 0 Å². The summed E-state index contributed by atoms with van der Waals surface area (Å²) in [7, 11) is 2.23. The molecule has 4 aromatic carbocycles. The summed E-state index contributed by atoms with van der Waals surface area (Å²) < 4.78 is 5.17. The highest BCUT2D eigenvalue weighted by Crippen LogP contribution is 2.30. The molecule has 0 spiro atoms. The van der Waals surface area contributed by atoms with Gasteiger partial charge in [-0.3, -0.25) is 0 Å². The minimum atomic E-state index is -0.190. The van der Waals surface area contributed by atoms with E-state index in [0.717, 1.165) is 44.5 Å². The van der Waals surface area contributed by atoms with Crippen molar-refractivity contribution in [3.63, 3.8) is 0 Å². The number of benzene rings is 4. The van der Waals surface area contributed by atoms with Gasteiger partial charge in [0.05, 0.1) is 6.61 Å². The average Bonchev–Trinajstić information content (AvgIpc) is 3.87. The standard InChI is InChI=1S/C23H27N3O2.C21H25N3/c1-2-28-23(27)25-14-11-20(12-15-25)26(17-18-6-4-3-5-7-18)21-8-9-22-19(16-21)10-13-24-22;1-23-13-10-19(11-14-23)24(16-17-5-3-2-4-6-17)20-7-8-21-18(15-20)9-12-22-21/h3-10,13,16,20,24H,2,11-12,14-15,17H2,1H3;2-9,12,15,19,22H,10-11,13-14,16H2,1H3. The van der Waals surface area contributed by atoms with Gasteiger partial charge in [-0.25, -0.2) is 4.79 Å². The Balaban J connectivity index is 0.000000164. The number of amides is 1. The molecule has 270 valence electrons. The van der Waals surface area contributed by atoms with Gasteiger partial charge in [-0.2, -0.15) is 0 Å². The molecule has 2 aliphatic rings. The largest absolute Gasteiger partial charge is 0.450 e. The number of carbonyl (C=O) groups excluding carboxylic acids is 1.